The number of anilines is 1. The van der Waals surface area contributed by atoms with E-state index in [9.17, 15) is 9.59 Å². The molecule has 0 saturated heterocycles. The van der Waals surface area contributed by atoms with Crippen LogP contribution in [0.2, 0.25) is 0 Å². The number of carbonyl (C=O) groups excluding carboxylic acids is 1. The summed E-state index contributed by atoms with van der Waals surface area (Å²) < 4.78 is 0. The minimum atomic E-state index is -0.844. The number of nitrogens with zero attached hydrogens (tertiary/aromatic N) is 2. The van der Waals surface area contributed by atoms with E-state index < -0.39 is 5.97 Å². The minimum Gasteiger partial charge on any atom is -0.481 e. The Kier molecular flexibility index (Phi) is 6.88. The maximum absolute atomic E-state index is 12.5. The quantitative estimate of drug-likeness (QED) is 0.798. The summed E-state index contributed by atoms with van der Waals surface area (Å²) in [4.78, 5) is 26.8. The van der Waals surface area contributed by atoms with Gasteiger partial charge in [0.15, 0.2) is 0 Å². The summed E-state index contributed by atoms with van der Waals surface area (Å²) in [5.41, 5.74) is 0.868. The standard InChI is InChI=1S/C16H24N2O3/c1-4-18(14-8-6-5-7-9-14)15(19)12-17(13(2)3)11-10-16(20)21/h5-9,13H,4,10-12H2,1-3H3,(H,20,21). The van der Waals surface area contributed by atoms with Crippen LogP contribution in [0, 0.1) is 0 Å². The van der Waals surface area contributed by atoms with E-state index in [1.807, 2.05) is 56.0 Å². The zero-order valence-corrected chi connectivity index (χ0v) is 13.0. The molecule has 0 saturated carbocycles. The molecule has 0 aliphatic heterocycles. The largest absolute Gasteiger partial charge is 0.481 e. The van der Waals surface area contributed by atoms with Crippen LogP contribution < -0.4 is 4.90 Å². The predicted molar refractivity (Wildman–Crippen MR) is 83.4 cm³/mol. The number of rotatable bonds is 8. The molecule has 1 rings (SSSR count). The number of para-hydroxylation sites is 1. The number of carboxylic acid groups (broad SMARTS) is 1. The van der Waals surface area contributed by atoms with E-state index in [0.29, 0.717) is 13.1 Å². The van der Waals surface area contributed by atoms with Crippen LogP contribution in [-0.4, -0.2) is 47.6 Å². The third-order valence-corrected chi connectivity index (χ3v) is 3.37. The van der Waals surface area contributed by atoms with Crippen molar-refractivity contribution in [2.45, 2.75) is 33.2 Å². The second-order valence-corrected chi connectivity index (χ2v) is 5.18. The highest BCUT2D eigenvalue weighted by Gasteiger charge is 2.19. The van der Waals surface area contributed by atoms with Crippen LogP contribution in [0.25, 0.3) is 0 Å². The molecule has 0 spiro atoms. The highest BCUT2D eigenvalue weighted by Crippen LogP contribution is 2.14. The SMILES string of the molecule is CCN(C(=O)CN(CCC(=O)O)C(C)C)c1ccccc1. The van der Waals surface area contributed by atoms with Crippen molar-refractivity contribution >= 4 is 17.6 Å². The highest BCUT2D eigenvalue weighted by molar-refractivity contribution is 5.94. The molecule has 1 aromatic rings. The van der Waals surface area contributed by atoms with Gasteiger partial charge in [0.25, 0.3) is 0 Å². The lowest BCUT2D eigenvalue weighted by Crippen LogP contribution is -2.43. The molecule has 0 radical (unpaired) electrons. The van der Waals surface area contributed by atoms with Gasteiger partial charge in [0.05, 0.1) is 13.0 Å². The normalized spacial score (nSPS) is 10.9. The van der Waals surface area contributed by atoms with Crippen molar-refractivity contribution in [3.8, 4) is 0 Å². The van der Waals surface area contributed by atoms with Gasteiger partial charge < -0.3 is 10.0 Å². The first-order valence-electron chi connectivity index (χ1n) is 7.27. The van der Waals surface area contributed by atoms with Crippen LogP contribution >= 0.6 is 0 Å². The molecule has 1 aromatic carbocycles. The van der Waals surface area contributed by atoms with Crippen LogP contribution in [0.1, 0.15) is 27.2 Å². The number of hydrogen-bond acceptors (Lipinski definition) is 3. The Morgan fingerprint density at radius 3 is 2.29 bits per heavy atom. The maximum Gasteiger partial charge on any atom is 0.304 e. The van der Waals surface area contributed by atoms with Crippen molar-refractivity contribution in [2.75, 3.05) is 24.5 Å². The summed E-state index contributed by atoms with van der Waals surface area (Å²) in [6, 6.07) is 9.64. The van der Waals surface area contributed by atoms with E-state index in [-0.39, 0.29) is 24.9 Å². The van der Waals surface area contributed by atoms with Crippen molar-refractivity contribution < 1.29 is 14.7 Å². The van der Waals surface area contributed by atoms with Gasteiger partial charge in [-0.2, -0.15) is 0 Å². The number of carbonyl (C=O) groups is 2. The van der Waals surface area contributed by atoms with Crippen LogP contribution in [-0.2, 0) is 9.59 Å². The van der Waals surface area contributed by atoms with Gasteiger partial charge in [-0.25, -0.2) is 0 Å². The van der Waals surface area contributed by atoms with Crippen molar-refractivity contribution in [3.63, 3.8) is 0 Å². The van der Waals surface area contributed by atoms with Crippen molar-refractivity contribution in [1.82, 2.24) is 4.90 Å². The van der Waals surface area contributed by atoms with Gasteiger partial charge in [-0.3, -0.25) is 14.5 Å². The van der Waals surface area contributed by atoms with E-state index >= 15 is 0 Å². The molecule has 5 heteroatoms. The van der Waals surface area contributed by atoms with Gasteiger partial charge in [0.1, 0.15) is 0 Å². The fourth-order valence-corrected chi connectivity index (χ4v) is 2.13. The molecular weight excluding hydrogens is 268 g/mol. The van der Waals surface area contributed by atoms with Gasteiger partial charge in [0.2, 0.25) is 5.91 Å². The molecule has 5 nitrogen and oxygen atoms in total. The Morgan fingerprint density at radius 2 is 1.81 bits per heavy atom. The van der Waals surface area contributed by atoms with Gasteiger partial charge in [-0.1, -0.05) is 18.2 Å². The molecule has 0 heterocycles. The Labute approximate surface area is 126 Å². The Morgan fingerprint density at radius 1 is 1.19 bits per heavy atom. The Balaban J connectivity index is 2.73. The number of aliphatic carboxylic acids is 1. The molecule has 0 unspecified atom stereocenters. The Bertz CT molecular complexity index is 460. The molecule has 0 fully saturated rings. The summed E-state index contributed by atoms with van der Waals surface area (Å²) in [5, 5.41) is 8.79. The monoisotopic (exact) mass is 292 g/mol. The topological polar surface area (TPSA) is 60.9 Å². The third kappa shape index (κ3) is 5.55. The fraction of sp³-hybridized carbons (Fsp3) is 0.500. The van der Waals surface area contributed by atoms with Gasteiger partial charge in [-0.05, 0) is 32.9 Å². The summed E-state index contributed by atoms with van der Waals surface area (Å²) in [6.45, 7) is 7.07. The highest BCUT2D eigenvalue weighted by atomic mass is 16.4. The minimum absolute atomic E-state index is 0.0113. The summed E-state index contributed by atoms with van der Waals surface area (Å²) in [6.07, 6.45) is 0.0446. The summed E-state index contributed by atoms with van der Waals surface area (Å²) in [7, 11) is 0. The molecule has 116 valence electrons. The lowest BCUT2D eigenvalue weighted by molar-refractivity contribution is -0.137. The van der Waals surface area contributed by atoms with Crippen molar-refractivity contribution in [1.29, 1.82) is 0 Å². The fourth-order valence-electron chi connectivity index (χ4n) is 2.13. The van der Waals surface area contributed by atoms with Crippen LogP contribution in [0.5, 0.6) is 0 Å². The lowest BCUT2D eigenvalue weighted by atomic mass is 10.2. The molecule has 1 amide bonds. The zero-order valence-electron chi connectivity index (χ0n) is 13.0. The van der Waals surface area contributed by atoms with E-state index in [0.717, 1.165) is 5.69 Å². The zero-order chi connectivity index (χ0) is 15.8. The van der Waals surface area contributed by atoms with E-state index in [1.54, 1.807) is 4.90 Å². The van der Waals surface area contributed by atoms with Crippen molar-refractivity contribution in [2.24, 2.45) is 0 Å². The van der Waals surface area contributed by atoms with Gasteiger partial charge in [0, 0.05) is 24.8 Å². The Hall–Kier alpha value is -1.88. The molecule has 0 aromatic heterocycles. The molecule has 0 aliphatic rings. The first-order valence-corrected chi connectivity index (χ1v) is 7.27. The van der Waals surface area contributed by atoms with E-state index in [4.69, 9.17) is 5.11 Å². The second kappa shape index (κ2) is 8.42. The van der Waals surface area contributed by atoms with E-state index in [1.165, 1.54) is 0 Å². The molecule has 0 atom stereocenters. The van der Waals surface area contributed by atoms with Crippen LogP contribution in [0.3, 0.4) is 0 Å². The second-order valence-electron chi connectivity index (χ2n) is 5.18. The summed E-state index contributed by atoms with van der Waals surface area (Å²) in [5.74, 6) is -0.855. The lowest BCUT2D eigenvalue weighted by Gasteiger charge is -2.29. The maximum atomic E-state index is 12.5. The molecular formula is C16H24N2O3. The number of hydrogen-bond donors (Lipinski definition) is 1. The predicted octanol–water partition coefficient (Wildman–Crippen LogP) is 2.22. The summed E-state index contributed by atoms with van der Waals surface area (Å²) >= 11 is 0. The number of carboxylic acids is 1. The molecule has 0 aliphatic carbocycles. The first-order chi connectivity index (χ1) is 9.95. The van der Waals surface area contributed by atoms with Gasteiger partial charge >= 0.3 is 5.97 Å². The first kappa shape index (κ1) is 17.2. The number of benzene rings is 1. The van der Waals surface area contributed by atoms with E-state index in [2.05, 4.69) is 0 Å². The van der Waals surface area contributed by atoms with Gasteiger partial charge in [-0.15, -0.1) is 0 Å². The van der Waals surface area contributed by atoms with Crippen LogP contribution in [0.15, 0.2) is 30.3 Å². The van der Waals surface area contributed by atoms with Crippen molar-refractivity contribution in [3.05, 3.63) is 30.3 Å². The molecule has 1 N–H and O–H groups in total. The number of likely N-dealkylation sites (N-methyl/N-ethyl adjacent to an activating group) is 1. The smallest absolute Gasteiger partial charge is 0.304 e. The van der Waals surface area contributed by atoms with Crippen LogP contribution in [0.4, 0.5) is 5.69 Å². The average molecular weight is 292 g/mol. The number of amides is 1. The third-order valence-electron chi connectivity index (χ3n) is 3.37. The average Bonchev–Trinajstić information content (AvgIpc) is 2.44. The molecule has 0 bridgehead atoms. The molecule has 21 heavy (non-hydrogen) atoms.